The Kier molecular flexibility index (Phi) is 14.9. The van der Waals surface area contributed by atoms with Crippen LogP contribution in [0.4, 0.5) is 0 Å². The SMILES string of the molecule is CCC[CH2][Sn]([CH2]CCC)([CH2]CCC)[O]C(=O)c1ccccc1C(=O)O[C@@]1([C@@]2(CO)O[C@H](CO)[C@@H](O)[C@@H]2O)O[C@H](CO)[C@@H](O)[C@H](O)[C@H]1O. The molecule has 0 bridgehead atoms. The summed E-state index contributed by atoms with van der Waals surface area (Å²) in [5.74, 6) is -5.15. The van der Waals surface area contributed by atoms with Gasteiger partial charge >= 0.3 is 280 Å². The molecule has 0 spiro atoms. The molecule has 1 aromatic rings. The molecule has 2 aliphatic rings. The summed E-state index contributed by atoms with van der Waals surface area (Å²) in [6, 6.07) is 5.62. The molecule has 3 rings (SSSR count). The van der Waals surface area contributed by atoms with E-state index in [1.54, 1.807) is 0 Å². The standard InChI is InChI=1S/C20H26O14.3C4H9.Sn/c21-5-10-12(24)14(26)16(28)20(33-10,19(7-23)15(27)13(25)11(6-22)32-19)34-18(31)9-4-2-1-3-8(9)17(29)30;3*1-3-4-2;/h1-4,10-16,21-28H,5-7H2,(H,29,30);3*1,3-4H2,2H3;/q;;;;+1/p-1/t10-,11-,12-,13-,14+,15+,16-,19+,20+;;;;/m1..../s1. The van der Waals surface area contributed by atoms with Crippen LogP contribution in [0, 0.1) is 0 Å². The molecule has 0 amide bonds. The van der Waals surface area contributed by atoms with Gasteiger partial charge in [0.1, 0.15) is 0 Å². The zero-order valence-corrected chi connectivity index (χ0v) is 30.2. The number of hydrogen-bond donors (Lipinski definition) is 8. The van der Waals surface area contributed by atoms with E-state index in [1.807, 2.05) is 0 Å². The Labute approximate surface area is 279 Å². The number of benzene rings is 1. The predicted octanol–water partition coefficient (Wildman–Crippen LogP) is 0.360. The second kappa shape index (κ2) is 17.5. The molecule has 2 heterocycles. The van der Waals surface area contributed by atoms with Gasteiger partial charge in [-0.25, -0.2) is 0 Å². The van der Waals surface area contributed by atoms with Gasteiger partial charge in [0.15, 0.2) is 0 Å². The number of ether oxygens (including phenoxy) is 3. The number of hydrogen-bond acceptors (Lipinski definition) is 14. The number of esters is 1. The fourth-order valence-electron chi connectivity index (χ4n) is 6.53. The van der Waals surface area contributed by atoms with E-state index in [0.29, 0.717) is 0 Å². The Morgan fingerprint density at radius 3 is 1.66 bits per heavy atom. The zero-order chi connectivity index (χ0) is 35.0. The molecule has 47 heavy (non-hydrogen) atoms. The van der Waals surface area contributed by atoms with Gasteiger partial charge in [-0.15, -0.1) is 0 Å². The van der Waals surface area contributed by atoms with Crippen LogP contribution < -0.4 is 0 Å². The van der Waals surface area contributed by atoms with Crippen molar-refractivity contribution in [3.8, 4) is 0 Å². The fourth-order valence-corrected chi connectivity index (χ4v) is 19.5. The third-order valence-electron chi connectivity index (χ3n) is 9.38. The maximum atomic E-state index is 14.1. The van der Waals surface area contributed by atoms with Crippen LogP contribution in [-0.2, 0) is 17.3 Å². The van der Waals surface area contributed by atoms with Gasteiger partial charge in [-0.05, 0) is 0 Å². The third kappa shape index (κ3) is 7.98. The number of carbonyl (C=O) groups is 2. The van der Waals surface area contributed by atoms with Crippen molar-refractivity contribution in [1.82, 2.24) is 0 Å². The van der Waals surface area contributed by atoms with E-state index in [-0.39, 0.29) is 11.1 Å². The minimum atomic E-state index is -3.56. The van der Waals surface area contributed by atoms with E-state index in [9.17, 15) is 50.4 Å². The molecule has 0 saturated carbocycles. The molecule has 0 aliphatic carbocycles. The van der Waals surface area contributed by atoms with Crippen LogP contribution >= 0.6 is 0 Å². The summed E-state index contributed by atoms with van der Waals surface area (Å²) in [7, 11) is 0. The van der Waals surface area contributed by atoms with E-state index in [1.165, 1.54) is 24.3 Å². The van der Waals surface area contributed by atoms with Crippen LogP contribution in [0.25, 0.3) is 0 Å². The first-order valence-corrected chi connectivity index (χ1v) is 23.7. The van der Waals surface area contributed by atoms with E-state index in [4.69, 9.17) is 17.3 Å². The van der Waals surface area contributed by atoms with Crippen molar-refractivity contribution in [3.05, 3.63) is 35.4 Å². The Bertz CT molecular complexity index is 1150. The van der Waals surface area contributed by atoms with Gasteiger partial charge in [0.25, 0.3) is 0 Å². The van der Waals surface area contributed by atoms with Crippen molar-refractivity contribution >= 4 is 30.7 Å². The van der Waals surface area contributed by atoms with Crippen molar-refractivity contribution in [2.45, 2.75) is 127 Å². The predicted molar refractivity (Wildman–Crippen MR) is 169 cm³/mol. The van der Waals surface area contributed by atoms with Crippen molar-refractivity contribution < 1.29 is 67.7 Å². The quantitative estimate of drug-likeness (QED) is 0.0789. The second-order valence-electron chi connectivity index (χ2n) is 12.6. The Morgan fingerprint density at radius 1 is 0.723 bits per heavy atom. The van der Waals surface area contributed by atoms with Gasteiger partial charge in [-0.3, -0.25) is 0 Å². The molecular weight excluding hydrogens is 727 g/mol. The molecule has 14 nitrogen and oxygen atoms in total. The summed E-state index contributed by atoms with van der Waals surface area (Å²) in [4.78, 5) is 28.0. The number of aliphatic hydroxyl groups is 8. The molecule has 2 saturated heterocycles. The summed E-state index contributed by atoms with van der Waals surface area (Å²) in [6.07, 6.45) is -8.46. The number of carbonyl (C=O) groups excluding carboxylic acids is 2. The van der Waals surface area contributed by atoms with Crippen molar-refractivity contribution in [2.75, 3.05) is 19.8 Å². The Hall–Kier alpha value is -1.44. The van der Waals surface area contributed by atoms with E-state index >= 15 is 0 Å². The van der Waals surface area contributed by atoms with Crippen LogP contribution in [-0.4, -0.2) is 146 Å². The van der Waals surface area contributed by atoms with Crippen LogP contribution in [0.2, 0.25) is 13.3 Å². The molecule has 1 aromatic carbocycles. The normalized spacial score (nSPS) is 32.7. The molecule has 2 aliphatic heterocycles. The second-order valence-corrected chi connectivity index (χ2v) is 24.2. The first kappa shape index (κ1) is 40.0. The average molecular weight is 779 g/mol. The van der Waals surface area contributed by atoms with Gasteiger partial charge < -0.3 is 0 Å². The molecule has 0 unspecified atom stereocenters. The van der Waals surface area contributed by atoms with Gasteiger partial charge in [0.05, 0.1) is 0 Å². The summed E-state index contributed by atoms with van der Waals surface area (Å²) >= 11 is -3.56. The first-order chi connectivity index (χ1) is 22.4. The minimum absolute atomic E-state index is 0.151. The Balaban J connectivity index is 2.11. The number of rotatable bonds is 17. The summed E-state index contributed by atoms with van der Waals surface area (Å²) in [5.41, 5.74) is -3.25. The Morgan fingerprint density at radius 2 is 1.21 bits per heavy atom. The third-order valence-corrected chi connectivity index (χ3v) is 22.0. The van der Waals surface area contributed by atoms with E-state index < -0.39 is 105 Å². The summed E-state index contributed by atoms with van der Waals surface area (Å²) in [5, 5.41) is 84.7. The van der Waals surface area contributed by atoms with Gasteiger partial charge in [0.2, 0.25) is 0 Å². The van der Waals surface area contributed by atoms with Crippen molar-refractivity contribution in [3.63, 3.8) is 0 Å². The van der Waals surface area contributed by atoms with Crippen LogP contribution in [0.3, 0.4) is 0 Å². The number of aliphatic hydroxyl groups excluding tert-OH is 8. The topological polar surface area (TPSA) is 233 Å². The molecule has 0 radical (unpaired) electrons. The monoisotopic (exact) mass is 780 g/mol. The molecule has 8 N–H and O–H groups in total. The van der Waals surface area contributed by atoms with Crippen molar-refractivity contribution in [1.29, 1.82) is 0 Å². The summed E-state index contributed by atoms with van der Waals surface area (Å²) < 4.78 is 26.0. The molecule has 15 heteroatoms. The molecule has 0 aromatic heterocycles. The molecular formula is C32H52O14Sn. The van der Waals surface area contributed by atoms with E-state index in [0.717, 1.165) is 51.8 Å². The fraction of sp³-hybridized carbons (Fsp3) is 0.750. The van der Waals surface area contributed by atoms with Crippen molar-refractivity contribution in [2.24, 2.45) is 0 Å². The first-order valence-electron chi connectivity index (χ1n) is 16.5. The van der Waals surface area contributed by atoms with Crippen LogP contribution in [0.5, 0.6) is 0 Å². The van der Waals surface area contributed by atoms with Gasteiger partial charge in [0, 0.05) is 0 Å². The van der Waals surface area contributed by atoms with Gasteiger partial charge in [-0.2, -0.15) is 0 Å². The van der Waals surface area contributed by atoms with Crippen LogP contribution in [0.15, 0.2) is 24.3 Å². The molecule has 268 valence electrons. The number of unbranched alkanes of at least 4 members (excludes halogenated alkanes) is 3. The van der Waals surface area contributed by atoms with E-state index in [2.05, 4.69) is 20.8 Å². The van der Waals surface area contributed by atoms with Gasteiger partial charge in [-0.1, -0.05) is 0 Å². The molecule has 2 fully saturated rings. The maximum absolute atomic E-state index is 14.1. The van der Waals surface area contributed by atoms with Crippen LogP contribution in [0.1, 0.15) is 80.0 Å². The molecule has 9 atom stereocenters. The summed E-state index contributed by atoms with van der Waals surface area (Å²) in [6.45, 7) is 3.04. The average Bonchev–Trinajstić information content (AvgIpc) is 3.34. The zero-order valence-electron chi connectivity index (χ0n) is 27.4.